The van der Waals surface area contributed by atoms with Crippen molar-refractivity contribution < 1.29 is 19.1 Å². The summed E-state index contributed by atoms with van der Waals surface area (Å²) in [7, 11) is 1.58. The summed E-state index contributed by atoms with van der Waals surface area (Å²) in [6, 6.07) is 7.14. The topological polar surface area (TPSA) is 114 Å². The van der Waals surface area contributed by atoms with E-state index in [9.17, 15) is 9.59 Å². The number of H-pyrrole nitrogens is 1. The zero-order valence-corrected chi connectivity index (χ0v) is 16.3. The van der Waals surface area contributed by atoms with E-state index >= 15 is 0 Å². The third-order valence-corrected chi connectivity index (χ3v) is 5.48. The molecule has 0 radical (unpaired) electrons. The quantitative estimate of drug-likeness (QED) is 0.802. The third-order valence-electron chi connectivity index (χ3n) is 5.48. The molecule has 2 fully saturated rings. The lowest BCUT2D eigenvalue weighted by atomic mass is 9.94. The van der Waals surface area contributed by atoms with Crippen LogP contribution in [0.3, 0.4) is 0 Å². The molecule has 0 spiro atoms. The monoisotopic (exact) mass is 400 g/mol. The Kier molecular flexibility index (Phi) is 5.70. The maximum atomic E-state index is 13.0. The number of tetrazole rings is 1. The van der Waals surface area contributed by atoms with E-state index in [0.29, 0.717) is 62.8 Å². The van der Waals surface area contributed by atoms with Gasteiger partial charge < -0.3 is 19.3 Å². The number of likely N-dealkylation sites (tertiary alicyclic amines) is 1. The normalized spacial score (nSPS) is 20.5. The number of aromatic amines is 1. The number of hydrogen-bond donors (Lipinski definition) is 1. The first-order valence-corrected chi connectivity index (χ1v) is 9.73. The highest BCUT2D eigenvalue weighted by Gasteiger charge is 2.34. The number of morpholine rings is 1. The molecule has 1 aromatic carbocycles. The Morgan fingerprint density at radius 1 is 1.21 bits per heavy atom. The van der Waals surface area contributed by atoms with Crippen LogP contribution in [0.5, 0.6) is 5.75 Å². The number of rotatable bonds is 4. The van der Waals surface area contributed by atoms with Gasteiger partial charge in [0, 0.05) is 31.1 Å². The fraction of sp³-hybridized carbons (Fsp3) is 0.526. The van der Waals surface area contributed by atoms with Crippen molar-refractivity contribution in [1.82, 2.24) is 30.4 Å². The molecular weight excluding hydrogens is 376 g/mol. The molecule has 2 aliphatic rings. The Hall–Kier alpha value is -3.01. The molecule has 4 rings (SSSR count). The van der Waals surface area contributed by atoms with E-state index in [4.69, 9.17) is 9.47 Å². The van der Waals surface area contributed by atoms with E-state index in [0.717, 1.165) is 0 Å². The first kappa shape index (κ1) is 19.3. The van der Waals surface area contributed by atoms with E-state index in [-0.39, 0.29) is 23.8 Å². The summed E-state index contributed by atoms with van der Waals surface area (Å²) in [6.07, 6.45) is 0.943. The second kappa shape index (κ2) is 8.56. The predicted octanol–water partition coefficient (Wildman–Crippen LogP) is 0.661. The van der Waals surface area contributed by atoms with E-state index in [1.54, 1.807) is 30.2 Å². The summed E-state index contributed by atoms with van der Waals surface area (Å²) < 4.78 is 10.9. The molecule has 1 atom stereocenters. The third kappa shape index (κ3) is 4.21. The van der Waals surface area contributed by atoms with Crippen molar-refractivity contribution in [1.29, 1.82) is 0 Å². The van der Waals surface area contributed by atoms with Crippen LogP contribution in [-0.4, -0.2) is 82.1 Å². The molecule has 1 aromatic heterocycles. The van der Waals surface area contributed by atoms with Gasteiger partial charge in [-0.3, -0.25) is 9.59 Å². The Labute approximate surface area is 168 Å². The molecule has 2 aromatic rings. The van der Waals surface area contributed by atoms with Gasteiger partial charge >= 0.3 is 0 Å². The predicted molar refractivity (Wildman–Crippen MR) is 101 cm³/mol. The summed E-state index contributed by atoms with van der Waals surface area (Å²) in [4.78, 5) is 29.4. The fourth-order valence-electron chi connectivity index (χ4n) is 3.84. The first-order valence-electron chi connectivity index (χ1n) is 9.73. The van der Waals surface area contributed by atoms with Gasteiger partial charge in [-0.1, -0.05) is 11.3 Å². The van der Waals surface area contributed by atoms with E-state index in [1.165, 1.54) is 0 Å². The number of carbonyl (C=O) groups is 2. The van der Waals surface area contributed by atoms with Crippen molar-refractivity contribution in [3.05, 3.63) is 35.7 Å². The lowest BCUT2D eigenvalue weighted by Crippen LogP contribution is -2.48. The van der Waals surface area contributed by atoms with E-state index in [1.807, 2.05) is 11.0 Å². The average Bonchev–Trinajstić information content (AvgIpc) is 3.33. The maximum absolute atomic E-state index is 13.0. The molecule has 0 aliphatic carbocycles. The van der Waals surface area contributed by atoms with Gasteiger partial charge in [-0.15, -0.1) is 10.2 Å². The molecule has 0 bridgehead atoms. The van der Waals surface area contributed by atoms with E-state index < -0.39 is 0 Å². The number of ether oxygens (including phenoxy) is 2. The Morgan fingerprint density at radius 2 is 2.03 bits per heavy atom. The van der Waals surface area contributed by atoms with Gasteiger partial charge in [0.25, 0.3) is 5.91 Å². The summed E-state index contributed by atoms with van der Waals surface area (Å²) in [5.74, 6) is 1.10. The summed E-state index contributed by atoms with van der Waals surface area (Å²) in [5, 5.41) is 13.9. The molecule has 1 unspecified atom stereocenters. The van der Waals surface area contributed by atoms with Gasteiger partial charge in [-0.2, -0.15) is 5.21 Å². The number of benzene rings is 1. The Bertz CT molecular complexity index is 850. The van der Waals surface area contributed by atoms with Crippen molar-refractivity contribution in [3.8, 4) is 5.75 Å². The van der Waals surface area contributed by atoms with Crippen LogP contribution in [0.15, 0.2) is 24.3 Å². The van der Waals surface area contributed by atoms with Crippen molar-refractivity contribution in [3.63, 3.8) is 0 Å². The minimum atomic E-state index is -0.360. The molecule has 0 saturated carbocycles. The summed E-state index contributed by atoms with van der Waals surface area (Å²) in [6.45, 7) is 2.53. The van der Waals surface area contributed by atoms with Crippen LogP contribution in [0.1, 0.15) is 35.1 Å². The number of methoxy groups -OCH3 is 1. The van der Waals surface area contributed by atoms with Gasteiger partial charge in [-0.05, 0) is 31.0 Å². The van der Waals surface area contributed by atoms with Crippen LogP contribution >= 0.6 is 0 Å². The van der Waals surface area contributed by atoms with Crippen molar-refractivity contribution in [2.45, 2.75) is 18.9 Å². The second-order valence-electron chi connectivity index (χ2n) is 7.21. The average molecular weight is 400 g/mol. The number of hydrogen-bond acceptors (Lipinski definition) is 7. The molecule has 10 nitrogen and oxygen atoms in total. The highest BCUT2D eigenvalue weighted by atomic mass is 16.5. The van der Waals surface area contributed by atoms with E-state index in [2.05, 4.69) is 20.6 Å². The minimum Gasteiger partial charge on any atom is -0.497 e. The van der Waals surface area contributed by atoms with Gasteiger partial charge in [0.2, 0.25) is 11.7 Å². The van der Waals surface area contributed by atoms with Crippen LogP contribution in [-0.2, 0) is 9.53 Å². The largest absolute Gasteiger partial charge is 0.497 e. The van der Waals surface area contributed by atoms with Crippen molar-refractivity contribution >= 4 is 11.8 Å². The van der Waals surface area contributed by atoms with Crippen LogP contribution in [0, 0.1) is 5.92 Å². The lowest BCUT2D eigenvalue weighted by molar-refractivity contribution is -0.145. The van der Waals surface area contributed by atoms with Crippen LogP contribution in [0.4, 0.5) is 0 Å². The molecular formula is C19H24N6O4. The zero-order valence-electron chi connectivity index (χ0n) is 16.3. The number of aromatic nitrogens is 4. The number of piperidine rings is 1. The molecule has 1 N–H and O–H groups in total. The molecule has 2 aliphatic heterocycles. The molecule has 2 saturated heterocycles. The molecule has 2 amide bonds. The van der Waals surface area contributed by atoms with Crippen LogP contribution < -0.4 is 4.74 Å². The van der Waals surface area contributed by atoms with Gasteiger partial charge in [-0.25, -0.2) is 0 Å². The van der Waals surface area contributed by atoms with Gasteiger partial charge in [0.05, 0.1) is 20.3 Å². The first-order chi connectivity index (χ1) is 14.2. The molecule has 10 heteroatoms. The van der Waals surface area contributed by atoms with Crippen molar-refractivity contribution in [2.24, 2.45) is 5.92 Å². The highest BCUT2D eigenvalue weighted by Crippen LogP contribution is 2.25. The number of carbonyl (C=O) groups excluding carboxylic acids is 2. The highest BCUT2D eigenvalue weighted by molar-refractivity contribution is 5.94. The minimum absolute atomic E-state index is 0.0293. The number of nitrogens with one attached hydrogen (secondary N) is 1. The zero-order chi connectivity index (χ0) is 20.2. The molecule has 3 heterocycles. The maximum Gasteiger partial charge on any atom is 0.253 e. The Morgan fingerprint density at radius 3 is 2.76 bits per heavy atom. The van der Waals surface area contributed by atoms with Crippen LogP contribution in [0.2, 0.25) is 0 Å². The number of nitrogens with zero attached hydrogens (tertiary/aromatic N) is 5. The smallest absolute Gasteiger partial charge is 0.253 e. The lowest BCUT2D eigenvalue weighted by Gasteiger charge is -2.37. The molecule has 154 valence electrons. The molecule has 29 heavy (non-hydrogen) atoms. The fourth-order valence-corrected chi connectivity index (χ4v) is 3.84. The van der Waals surface area contributed by atoms with Gasteiger partial charge in [0.1, 0.15) is 11.9 Å². The standard InChI is InChI=1S/C19H24N6O4/c1-28-15-4-2-3-14(11-15)19(27)24-7-5-13(6-8-24)18(26)25-9-10-29-16(12-25)17-20-22-23-21-17/h2-4,11,13,16H,5-10,12H2,1H3,(H,20,21,22,23). The van der Waals surface area contributed by atoms with Crippen LogP contribution in [0.25, 0.3) is 0 Å². The van der Waals surface area contributed by atoms with Crippen molar-refractivity contribution in [2.75, 3.05) is 39.9 Å². The Balaban J connectivity index is 1.33. The SMILES string of the molecule is COc1cccc(C(=O)N2CCC(C(=O)N3CCOC(c4nn[nH]n4)C3)CC2)c1. The van der Waals surface area contributed by atoms with Gasteiger partial charge in [0.15, 0.2) is 0 Å². The summed E-state index contributed by atoms with van der Waals surface area (Å²) in [5.41, 5.74) is 0.602. The second-order valence-corrected chi connectivity index (χ2v) is 7.21. The number of amides is 2. The summed E-state index contributed by atoms with van der Waals surface area (Å²) >= 11 is 0.